The normalized spacial score (nSPS) is 21.4. The van der Waals surface area contributed by atoms with Gasteiger partial charge >= 0.3 is 0 Å². The number of piperidine rings is 1. The molecule has 4 heterocycles. The Labute approximate surface area is 189 Å². The number of carbonyl (C=O) groups is 2. The molecule has 2 aromatic carbocycles. The number of hydrogen-bond acceptors (Lipinski definition) is 4. The van der Waals surface area contributed by atoms with Gasteiger partial charge in [0.1, 0.15) is 11.4 Å². The van der Waals surface area contributed by atoms with Crippen molar-refractivity contribution in [2.45, 2.75) is 31.8 Å². The number of hydrogen-bond donors (Lipinski definition) is 2. The second-order valence-corrected chi connectivity index (χ2v) is 8.80. The first kappa shape index (κ1) is 19.9. The van der Waals surface area contributed by atoms with Gasteiger partial charge in [-0.05, 0) is 50.6 Å². The number of nitrogens with zero attached hydrogens (tertiary/aromatic N) is 1. The largest absolute Gasteiger partial charge is 0.464 e. The summed E-state index contributed by atoms with van der Waals surface area (Å²) in [5.41, 5.74) is 2.08. The number of furan rings is 1. The maximum Gasteiger partial charge on any atom is 0.259 e. The number of para-hydroxylation sites is 1. The number of carbonyl (C=O) groups excluding carboxylic acids is 2. The predicted octanol–water partition coefficient (Wildman–Crippen LogP) is 4.41. The molecule has 0 spiro atoms. The van der Waals surface area contributed by atoms with Crippen molar-refractivity contribution in [3.05, 3.63) is 71.9 Å². The van der Waals surface area contributed by atoms with Crippen molar-refractivity contribution in [2.75, 3.05) is 6.54 Å². The van der Waals surface area contributed by atoms with Crippen molar-refractivity contribution in [2.24, 2.45) is 0 Å². The standard InChI is InChI=1S/C26H22FN3O3/c1-14-12-16(8-10-28-14)30-13-18(17-4-2-3-5-20(17)30)21-23(26(32)29-25(21)31)22-19(27)7-6-15-9-11-33-24(15)22/h2-7,9,11,13-14,16,28H,8,10,12H2,1H3,(H,29,31,32). The number of fused-ring (bicyclic) bond motifs is 2. The lowest BCUT2D eigenvalue weighted by Gasteiger charge is -2.29. The molecule has 2 atom stereocenters. The van der Waals surface area contributed by atoms with Crippen LogP contribution in [0.2, 0.25) is 0 Å². The van der Waals surface area contributed by atoms with E-state index in [1.54, 1.807) is 12.1 Å². The maximum absolute atomic E-state index is 15.1. The van der Waals surface area contributed by atoms with Crippen molar-refractivity contribution >= 4 is 44.8 Å². The Morgan fingerprint density at radius 2 is 1.88 bits per heavy atom. The van der Waals surface area contributed by atoms with Crippen LogP contribution in [0.15, 0.2) is 59.3 Å². The number of halogens is 1. The molecular formula is C26H22FN3O3. The molecular weight excluding hydrogens is 421 g/mol. The molecule has 0 radical (unpaired) electrons. The van der Waals surface area contributed by atoms with Crippen LogP contribution >= 0.6 is 0 Å². The van der Waals surface area contributed by atoms with E-state index in [9.17, 15) is 9.59 Å². The van der Waals surface area contributed by atoms with E-state index < -0.39 is 17.6 Å². The van der Waals surface area contributed by atoms with Crippen molar-refractivity contribution in [3.8, 4) is 0 Å². The molecule has 33 heavy (non-hydrogen) atoms. The van der Waals surface area contributed by atoms with E-state index in [1.807, 2.05) is 30.5 Å². The molecule has 2 N–H and O–H groups in total. The highest BCUT2D eigenvalue weighted by Crippen LogP contribution is 2.40. The van der Waals surface area contributed by atoms with E-state index in [2.05, 4.69) is 22.1 Å². The fourth-order valence-corrected chi connectivity index (χ4v) is 5.26. The molecule has 0 saturated carbocycles. The number of benzene rings is 2. The molecule has 0 aliphatic carbocycles. The Morgan fingerprint density at radius 1 is 1.06 bits per heavy atom. The van der Waals surface area contributed by atoms with Crippen LogP contribution in [0.4, 0.5) is 4.39 Å². The molecule has 6 rings (SSSR count). The lowest BCUT2D eigenvalue weighted by molar-refractivity contribution is -0.122. The van der Waals surface area contributed by atoms with Gasteiger partial charge in [-0.3, -0.25) is 14.9 Å². The number of rotatable bonds is 3. The SMILES string of the molecule is CC1CC(n2cc(C3=C(c4c(F)ccc5ccoc45)C(=O)NC3=O)c3ccccc32)CCN1. The minimum atomic E-state index is -0.620. The summed E-state index contributed by atoms with van der Waals surface area (Å²) < 4.78 is 22.8. The quantitative estimate of drug-likeness (QED) is 0.460. The summed E-state index contributed by atoms with van der Waals surface area (Å²) in [6.07, 6.45) is 5.31. The summed E-state index contributed by atoms with van der Waals surface area (Å²) in [6, 6.07) is 13.1. The molecule has 4 aromatic rings. The van der Waals surface area contributed by atoms with Crippen LogP contribution in [0.25, 0.3) is 33.0 Å². The molecule has 2 aliphatic rings. The lowest BCUT2D eigenvalue weighted by atomic mass is 9.94. The van der Waals surface area contributed by atoms with Crippen LogP contribution in [0, 0.1) is 5.82 Å². The molecule has 6 nitrogen and oxygen atoms in total. The first-order valence-electron chi connectivity index (χ1n) is 11.1. The zero-order chi connectivity index (χ0) is 22.7. The molecule has 7 heteroatoms. The van der Waals surface area contributed by atoms with E-state index in [4.69, 9.17) is 4.42 Å². The number of imide groups is 1. The van der Waals surface area contributed by atoms with Gasteiger partial charge in [0.05, 0.1) is 23.0 Å². The minimum Gasteiger partial charge on any atom is -0.464 e. The molecule has 0 bridgehead atoms. The Balaban J connectivity index is 1.63. The monoisotopic (exact) mass is 443 g/mol. The minimum absolute atomic E-state index is 0.0135. The zero-order valence-corrected chi connectivity index (χ0v) is 18.0. The van der Waals surface area contributed by atoms with Crippen LogP contribution in [-0.4, -0.2) is 29.0 Å². The third-order valence-corrected chi connectivity index (χ3v) is 6.75. The smallest absolute Gasteiger partial charge is 0.259 e. The van der Waals surface area contributed by atoms with E-state index >= 15 is 4.39 Å². The first-order chi connectivity index (χ1) is 16.0. The third-order valence-electron chi connectivity index (χ3n) is 6.75. The predicted molar refractivity (Wildman–Crippen MR) is 124 cm³/mol. The summed E-state index contributed by atoms with van der Waals surface area (Å²) in [5.74, 6) is -1.75. The third kappa shape index (κ3) is 3.03. The molecule has 1 saturated heterocycles. The van der Waals surface area contributed by atoms with Gasteiger partial charge in [0.2, 0.25) is 0 Å². The van der Waals surface area contributed by atoms with Gasteiger partial charge in [-0.25, -0.2) is 4.39 Å². The van der Waals surface area contributed by atoms with E-state index in [0.717, 1.165) is 30.3 Å². The van der Waals surface area contributed by atoms with Gasteiger partial charge in [-0.15, -0.1) is 0 Å². The van der Waals surface area contributed by atoms with Gasteiger partial charge in [-0.2, -0.15) is 0 Å². The van der Waals surface area contributed by atoms with Crippen LogP contribution in [0.5, 0.6) is 0 Å². The first-order valence-corrected chi connectivity index (χ1v) is 11.1. The van der Waals surface area contributed by atoms with Gasteiger partial charge in [0.25, 0.3) is 11.8 Å². The van der Waals surface area contributed by atoms with Gasteiger partial charge in [0.15, 0.2) is 0 Å². The van der Waals surface area contributed by atoms with Crippen molar-refractivity contribution in [1.29, 1.82) is 0 Å². The fraction of sp³-hybridized carbons (Fsp3) is 0.231. The zero-order valence-electron chi connectivity index (χ0n) is 18.0. The van der Waals surface area contributed by atoms with Crippen LogP contribution in [-0.2, 0) is 9.59 Å². The summed E-state index contributed by atoms with van der Waals surface area (Å²) in [5, 5.41) is 7.37. The second kappa shape index (κ2) is 7.42. The fourth-order valence-electron chi connectivity index (χ4n) is 5.26. The Kier molecular flexibility index (Phi) is 4.48. The van der Waals surface area contributed by atoms with E-state index in [-0.39, 0.29) is 28.3 Å². The average molecular weight is 443 g/mol. The van der Waals surface area contributed by atoms with Crippen LogP contribution < -0.4 is 10.6 Å². The molecule has 2 aliphatic heterocycles. The number of amides is 2. The highest BCUT2D eigenvalue weighted by Gasteiger charge is 2.37. The van der Waals surface area contributed by atoms with Crippen molar-refractivity contribution in [3.63, 3.8) is 0 Å². The van der Waals surface area contributed by atoms with Gasteiger partial charge in [0, 0.05) is 40.1 Å². The van der Waals surface area contributed by atoms with E-state index in [1.165, 1.54) is 12.3 Å². The highest BCUT2D eigenvalue weighted by atomic mass is 19.1. The molecule has 2 unspecified atom stereocenters. The average Bonchev–Trinajstić information content (AvgIpc) is 3.49. The molecule has 166 valence electrons. The molecule has 2 aromatic heterocycles. The van der Waals surface area contributed by atoms with Crippen LogP contribution in [0.1, 0.15) is 36.9 Å². The van der Waals surface area contributed by atoms with Gasteiger partial charge in [-0.1, -0.05) is 18.2 Å². The summed E-state index contributed by atoms with van der Waals surface area (Å²) >= 11 is 0. The van der Waals surface area contributed by atoms with Crippen LogP contribution in [0.3, 0.4) is 0 Å². The highest BCUT2D eigenvalue weighted by molar-refractivity contribution is 6.50. The Morgan fingerprint density at radius 3 is 2.73 bits per heavy atom. The Hall–Kier alpha value is -3.71. The summed E-state index contributed by atoms with van der Waals surface area (Å²) in [4.78, 5) is 26.0. The summed E-state index contributed by atoms with van der Waals surface area (Å²) in [6.45, 7) is 3.07. The van der Waals surface area contributed by atoms with Gasteiger partial charge < -0.3 is 14.3 Å². The van der Waals surface area contributed by atoms with E-state index in [0.29, 0.717) is 17.0 Å². The number of aromatic nitrogens is 1. The Bertz CT molecular complexity index is 1480. The topological polar surface area (TPSA) is 76.3 Å². The second-order valence-electron chi connectivity index (χ2n) is 8.80. The summed E-state index contributed by atoms with van der Waals surface area (Å²) in [7, 11) is 0. The van der Waals surface area contributed by atoms with Crippen molar-refractivity contribution in [1.82, 2.24) is 15.2 Å². The lowest BCUT2D eigenvalue weighted by Crippen LogP contribution is -2.36. The van der Waals surface area contributed by atoms with Crippen molar-refractivity contribution < 1.29 is 18.4 Å². The molecule has 2 amide bonds. The molecule has 1 fully saturated rings. The number of nitrogens with one attached hydrogen (secondary N) is 2. The maximum atomic E-state index is 15.1.